The maximum absolute atomic E-state index is 12.7. The molecule has 6 nitrogen and oxygen atoms in total. The van der Waals surface area contributed by atoms with E-state index in [1.165, 1.54) is 20.6 Å². The molecule has 2 aromatic rings. The van der Waals surface area contributed by atoms with Gasteiger partial charge in [0.05, 0.1) is 24.9 Å². The summed E-state index contributed by atoms with van der Waals surface area (Å²) in [6, 6.07) is 6.77. The topological polar surface area (TPSA) is 63.7 Å². The van der Waals surface area contributed by atoms with Crippen molar-refractivity contribution in [3.05, 3.63) is 41.0 Å². The molecule has 0 unspecified atom stereocenters. The lowest BCUT2D eigenvalue weighted by Gasteiger charge is -2.27. The van der Waals surface area contributed by atoms with Gasteiger partial charge in [-0.15, -0.1) is 0 Å². The molecule has 0 atom stereocenters. The van der Waals surface area contributed by atoms with Crippen molar-refractivity contribution in [1.29, 1.82) is 0 Å². The van der Waals surface area contributed by atoms with Crippen LogP contribution in [0.25, 0.3) is 0 Å². The van der Waals surface area contributed by atoms with Gasteiger partial charge < -0.3 is 19.7 Å². The summed E-state index contributed by atoms with van der Waals surface area (Å²) in [6.07, 6.45) is 5.22. The highest BCUT2D eigenvalue weighted by molar-refractivity contribution is 6.32. The van der Waals surface area contributed by atoms with Gasteiger partial charge in [0, 0.05) is 37.0 Å². The molecule has 1 amide bonds. The van der Waals surface area contributed by atoms with Crippen molar-refractivity contribution in [1.82, 2.24) is 4.98 Å². The predicted octanol–water partition coefficient (Wildman–Crippen LogP) is 3.99. The molecular weight excluding hydrogens is 354 g/mol. The number of carbonyl (C=O) groups excluding carboxylic acids is 1. The van der Waals surface area contributed by atoms with Gasteiger partial charge in [-0.1, -0.05) is 11.6 Å². The molecule has 138 valence electrons. The molecule has 0 spiro atoms. The molecule has 3 rings (SSSR count). The number of piperidine rings is 1. The van der Waals surface area contributed by atoms with Crippen molar-refractivity contribution in [2.75, 3.05) is 37.5 Å². The van der Waals surface area contributed by atoms with E-state index in [4.69, 9.17) is 21.1 Å². The van der Waals surface area contributed by atoms with E-state index in [9.17, 15) is 4.79 Å². The van der Waals surface area contributed by atoms with E-state index in [1.54, 1.807) is 24.4 Å². The van der Waals surface area contributed by atoms with Crippen LogP contribution < -0.4 is 19.7 Å². The molecule has 7 heteroatoms. The number of carbonyl (C=O) groups is 1. The zero-order chi connectivity index (χ0) is 18.5. The summed E-state index contributed by atoms with van der Waals surface area (Å²) in [5.41, 5.74) is 1.03. The van der Waals surface area contributed by atoms with E-state index in [0.717, 1.165) is 31.7 Å². The smallest absolute Gasteiger partial charge is 0.255 e. The molecular formula is C19H22ClN3O3. The van der Waals surface area contributed by atoms with E-state index in [1.807, 2.05) is 6.07 Å². The summed E-state index contributed by atoms with van der Waals surface area (Å²) < 4.78 is 10.5. The predicted molar refractivity (Wildman–Crippen MR) is 103 cm³/mol. The zero-order valence-electron chi connectivity index (χ0n) is 14.9. The Labute approximate surface area is 158 Å². The first-order valence-corrected chi connectivity index (χ1v) is 8.94. The van der Waals surface area contributed by atoms with E-state index in [-0.39, 0.29) is 5.91 Å². The molecule has 1 aromatic carbocycles. The first kappa shape index (κ1) is 18.3. The molecule has 0 radical (unpaired) electrons. The van der Waals surface area contributed by atoms with Gasteiger partial charge in [-0.3, -0.25) is 4.79 Å². The standard InChI is InChI=1S/C19H22ClN3O3/c1-25-16-12-15(17(26-2)11-14(16)20)22-19(24)13-6-7-21-18(10-13)23-8-4-3-5-9-23/h6-7,10-12H,3-5,8-9H2,1-2H3,(H,22,24). The number of nitrogens with one attached hydrogen (secondary N) is 1. The molecule has 1 aliphatic rings. The fraction of sp³-hybridized carbons (Fsp3) is 0.368. The van der Waals surface area contributed by atoms with Crippen LogP contribution >= 0.6 is 11.6 Å². The second-order valence-electron chi connectivity index (χ2n) is 6.09. The van der Waals surface area contributed by atoms with E-state index in [0.29, 0.717) is 27.8 Å². The molecule has 0 bridgehead atoms. The molecule has 0 saturated carbocycles. The molecule has 26 heavy (non-hydrogen) atoms. The first-order valence-electron chi connectivity index (χ1n) is 8.56. The van der Waals surface area contributed by atoms with Crippen LogP contribution in [-0.4, -0.2) is 38.2 Å². The quantitative estimate of drug-likeness (QED) is 0.855. The molecule has 1 saturated heterocycles. The number of benzene rings is 1. The van der Waals surface area contributed by atoms with Crippen molar-refractivity contribution in [3.63, 3.8) is 0 Å². The molecule has 2 heterocycles. The van der Waals surface area contributed by atoms with Crippen molar-refractivity contribution >= 4 is 29.0 Å². The summed E-state index contributed by atoms with van der Waals surface area (Å²) >= 11 is 6.11. The third-order valence-electron chi connectivity index (χ3n) is 4.41. The largest absolute Gasteiger partial charge is 0.495 e. The fourth-order valence-corrected chi connectivity index (χ4v) is 3.24. The van der Waals surface area contributed by atoms with Gasteiger partial charge >= 0.3 is 0 Å². The highest BCUT2D eigenvalue weighted by Crippen LogP contribution is 2.36. The number of methoxy groups -OCH3 is 2. The molecule has 1 fully saturated rings. The highest BCUT2D eigenvalue weighted by atomic mass is 35.5. The number of anilines is 2. The number of aromatic nitrogens is 1. The average Bonchev–Trinajstić information content (AvgIpc) is 2.69. The van der Waals surface area contributed by atoms with Crippen LogP contribution in [0.1, 0.15) is 29.6 Å². The Balaban J connectivity index is 1.82. The van der Waals surface area contributed by atoms with Gasteiger partial charge in [0.1, 0.15) is 17.3 Å². The number of pyridine rings is 1. The number of hydrogen-bond donors (Lipinski definition) is 1. The third-order valence-corrected chi connectivity index (χ3v) is 4.71. The Hall–Kier alpha value is -2.47. The molecule has 0 aliphatic carbocycles. The minimum absolute atomic E-state index is 0.242. The zero-order valence-corrected chi connectivity index (χ0v) is 15.7. The summed E-state index contributed by atoms with van der Waals surface area (Å²) in [4.78, 5) is 19.3. The minimum atomic E-state index is -0.242. The number of rotatable bonds is 5. The van der Waals surface area contributed by atoms with Gasteiger partial charge in [0.25, 0.3) is 5.91 Å². The van der Waals surface area contributed by atoms with Gasteiger partial charge in [-0.25, -0.2) is 4.98 Å². The second-order valence-corrected chi connectivity index (χ2v) is 6.50. The summed E-state index contributed by atoms with van der Waals surface area (Å²) in [5, 5.41) is 3.28. The lowest BCUT2D eigenvalue weighted by atomic mass is 10.1. The van der Waals surface area contributed by atoms with Crippen LogP contribution in [0, 0.1) is 0 Å². The van der Waals surface area contributed by atoms with Crippen LogP contribution in [0.4, 0.5) is 11.5 Å². The Kier molecular flexibility index (Phi) is 5.83. The average molecular weight is 376 g/mol. The normalized spacial score (nSPS) is 14.0. The number of ether oxygens (including phenoxy) is 2. The number of amides is 1. The van der Waals surface area contributed by atoms with Crippen molar-refractivity contribution in [2.24, 2.45) is 0 Å². The van der Waals surface area contributed by atoms with Crippen LogP contribution in [0.15, 0.2) is 30.5 Å². The summed E-state index contributed by atoms with van der Waals surface area (Å²) in [6.45, 7) is 1.94. The number of halogens is 1. The van der Waals surface area contributed by atoms with Crippen LogP contribution in [0.3, 0.4) is 0 Å². The van der Waals surface area contributed by atoms with Gasteiger partial charge in [-0.05, 0) is 31.4 Å². The molecule has 1 aliphatic heterocycles. The monoisotopic (exact) mass is 375 g/mol. The Bertz CT molecular complexity index is 792. The van der Waals surface area contributed by atoms with Gasteiger partial charge in [0.2, 0.25) is 0 Å². The van der Waals surface area contributed by atoms with E-state index >= 15 is 0 Å². The summed E-state index contributed by atoms with van der Waals surface area (Å²) in [7, 11) is 3.04. The fourth-order valence-electron chi connectivity index (χ4n) is 3.01. The molecule has 1 aromatic heterocycles. The maximum atomic E-state index is 12.7. The van der Waals surface area contributed by atoms with Crippen LogP contribution in [0.5, 0.6) is 11.5 Å². The number of nitrogens with zero attached hydrogens (tertiary/aromatic N) is 2. The maximum Gasteiger partial charge on any atom is 0.255 e. The van der Waals surface area contributed by atoms with Gasteiger partial charge in [0.15, 0.2) is 0 Å². The van der Waals surface area contributed by atoms with Crippen LogP contribution in [0.2, 0.25) is 5.02 Å². The lowest BCUT2D eigenvalue weighted by Crippen LogP contribution is -2.30. The summed E-state index contributed by atoms with van der Waals surface area (Å²) in [5.74, 6) is 1.52. The van der Waals surface area contributed by atoms with Crippen molar-refractivity contribution in [2.45, 2.75) is 19.3 Å². The van der Waals surface area contributed by atoms with Crippen molar-refractivity contribution < 1.29 is 14.3 Å². The minimum Gasteiger partial charge on any atom is -0.495 e. The first-order chi connectivity index (χ1) is 12.6. The van der Waals surface area contributed by atoms with E-state index < -0.39 is 0 Å². The lowest BCUT2D eigenvalue weighted by molar-refractivity contribution is 0.102. The second kappa shape index (κ2) is 8.27. The SMILES string of the molecule is COc1cc(NC(=O)c2ccnc(N3CCCCC3)c2)c(OC)cc1Cl. The molecule has 1 N–H and O–H groups in total. The van der Waals surface area contributed by atoms with Crippen molar-refractivity contribution in [3.8, 4) is 11.5 Å². The Morgan fingerprint density at radius 2 is 1.85 bits per heavy atom. The highest BCUT2D eigenvalue weighted by Gasteiger charge is 2.16. The number of hydrogen-bond acceptors (Lipinski definition) is 5. The third kappa shape index (κ3) is 4.02. The van der Waals surface area contributed by atoms with E-state index in [2.05, 4.69) is 15.2 Å². The Morgan fingerprint density at radius 1 is 1.12 bits per heavy atom. The van der Waals surface area contributed by atoms with Crippen LogP contribution in [-0.2, 0) is 0 Å². The Morgan fingerprint density at radius 3 is 2.54 bits per heavy atom. The van der Waals surface area contributed by atoms with Gasteiger partial charge in [-0.2, -0.15) is 0 Å².